The number of H-pyrrole nitrogens is 1. The van der Waals surface area contributed by atoms with Crippen molar-refractivity contribution >= 4 is 29.6 Å². The van der Waals surface area contributed by atoms with Gasteiger partial charge in [-0.25, -0.2) is 9.78 Å². The number of nitrogens with two attached hydrogens (primary N) is 1. The summed E-state index contributed by atoms with van der Waals surface area (Å²) in [6.07, 6.45) is 2.33. The minimum absolute atomic E-state index is 0.0790. The molecule has 14 heteroatoms. The van der Waals surface area contributed by atoms with E-state index in [1.807, 2.05) is 0 Å². The first-order chi connectivity index (χ1) is 16.1. The Kier molecular flexibility index (Phi) is 9.94. The zero-order chi connectivity index (χ0) is 25.3. The van der Waals surface area contributed by atoms with Crippen LogP contribution in [0.25, 0.3) is 0 Å². The molecular formula is C20H31N7O7. The fraction of sp³-hybridized carbons (Fsp3) is 0.600. The standard InChI is InChI=1S/C20H31N7O7/c1-10(28)16(27-17(30)12-3-2-6-23-12)19(32)26-14(7-11-8-22-9-24-11)18(31)25-13(20(33)34)4-5-15(21)29/h8-10,12-14,16,23,28H,2-7H2,1H3,(H2,21,29)(H,22,24)(H,25,31)(H,26,32)(H,27,30)(H,33,34). The van der Waals surface area contributed by atoms with E-state index in [0.29, 0.717) is 18.7 Å². The lowest BCUT2D eigenvalue weighted by molar-refractivity contribution is -0.142. The maximum absolute atomic E-state index is 12.9. The van der Waals surface area contributed by atoms with Crippen LogP contribution in [0.5, 0.6) is 0 Å². The second-order valence-electron chi connectivity index (χ2n) is 8.12. The molecule has 34 heavy (non-hydrogen) atoms. The number of nitrogens with zero attached hydrogens (tertiary/aromatic N) is 1. The second kappa shape index (κ2) is 12.6. The van der Waals surface area contributed by atoms with Gasteiger partial charge in [0.25, 0.3) is 0 Å². The highest BCUT2D eigenvalue weighted by molar-refractivity contribution is 5.94. The minimum Gasteiger partial charge on any atom is -0.480 e. The summed E-state index contributed by atoms with van der Waals surface area (Å²) in [5.41, 5.74) is 5.53. The topological polar surface area (TPSA) is 229 Å². The van der Waals surface area contributed by atoms with Crippen molar-refractivity contribution in [1.82, 2.24) is 31.2 Å². The number of nitrogens with one attached hydrogen (secondary N) is 5. The number of aliphatic hydroxyl groups excluding tert-OH is 1. The van der Waals surface area contributed by atoms with Crippen LogP contribution in [0.15, 0.2) is 12.5 Å². The molecule has 1 saturated heterocycles. The fourth-order valence-corrected chi connectivity index (χ4v) is 3.47. The van der Waals surface area contributed by atoms with E-state index in [2.05, 4.69) is 31.2 Å². The molecule has 0 saturated carbocycles. The van der Waals surface area contributed by atoms with Crippen molar-refractivity contribution in [3.8, 4) is 0 Å². The van der Waals surface area contributed by atoms with Gasteiger partial charge in [0, 0.05) is 24.7 Å². The van der Waals surface area contributed by atoms with Gasteiger partial charge in [-0.1, -0.05) is 0 Å². The Labute approximate surface area is 195 Å². The average molecular weight is 482 g/mol. The van der Waals surface area contributed by atoms with Crippen LogP contribution < -0.4 is 27.0 Å². The van der Waals surface area contributed by atoms with Gasteiger partial charge in [0.1, 0.15) is 18.1 Å². The zero-order valence-electron chi connectivity index (χ0n) is 18.7. The Balaban J connectivity index is 2.13. The van der Waals surface area contributed by atoms with Crippen LogP contribution in [0.2, 0.25) is 0 Å². The van der Waals surface area contributed by atoms with Crippen LogP contribution in [0, 0.1) is 0 Å². The van der Waals surface area contributed by atoms with Crippen LogP contribution in [0.4, 0.5) is 0 Å². The maximum atomic E-state index is 12.9. The number of carboxylic acids is 1. The van der Waals surface area contributed by atoms with Crippen molar-refractivity contribution in [2.24, 2.45) is 5.73 Å². The predicted octanol–water partition coefficient (Wildman–Crippen LogP) is -3.11. The van der Waals surface area contributed by atoms with Gasteiger partial charge >= 0.3 is 5.97 Å². The number of primary amides is 1. The van der Waals surface area contributed by atoms with Crippen molar-refractivity contribution in [1.29, 1.82) is 0 Å². The lowest BCUT2D eigenvalue weighted by Gasteiger charge is -2.26. The molecule has 1 aromatic rings. The van der Waals surface area contributed by atoms with Gasteiger partial charge in [-0.15, -0.1) is 0 Å². The number of hydrogen-bond acceptors (Lipinski definition) is 8. The van der Waals surface area contributed by atoms with Crippen molar-refractivity contribution in [3.63, 3.8) is 0 Å². The van der Waals surface area contributed by atoms with Crippen molar-refractivity contribution < 1.29 is 34.2 Å². The van der Waals surface area contributed by atoms with Crippen molar-refractivity contribution in [2.75, 3.05) is 6.54 Å². The number of aromatic amines is 1. The third-order valence-electron chi connectivity index (χ3n) is 5.35. The van der Waals surface area contributed by atoms with Crippen LogP contribution in [-0.2, 0) is 30.4 Å². The quantitative estimate of drug-likeness (QED) is 0.142. The number of aliphatic hydroxyl groups is 1. The van der Waals surface area contributed by atoms with Crippen LogP contribution in [0.3, 0.4) is 0 Å². The second-order valence-corrected chi connectivity index (χ2v) is 8.12. The number of imidazole rings is 1. The Morgan fingerprint density at radius 2 is 1.88 bits per heavy atom. The molecule has 0 aromatic carbocycles. The molecule has 1 aliphatic heterocycles. The Hall–Kier alpha value is -3.52. The normalized spacial score (nSPS) is 18.8. The van der Waals surface area contributed by atoms with Crippen molar-refractivity contribution in [2.45, 2.75) is 69.3 Å². The SMILES string of the molecule is CC(O)C(NC(=O)C1CCCN1)C(=O)NC(Cc1cnc[nH]1)C(=O)NC(CCC(N)=O)C(=O)O. The van der Waals surface area contributed by atoms with E-state index in [0.717, 1.165) is 6.42 Å². The molecule has 4 amide bonds. The molecule has 9 N–H and O–H groups in total. The molecule has 0 aliphatic carbocycles. The Morgan fingerprint density at radius 3 is 2.41 bits per heavy atom. The predicted molar refractivity (Wildman–Crippen MR) is 117 cm³/mol. The number of aliphatic carboxylic acids is 1. The van der Waals surface area contributed by atoms with Crippen molar-refractivity contribution in [3.05, 3.63) is 18.2 Å². The summed E-state index contributed by atoms with van der Waals surface area (Å²) in [6.45, 7) is 1.98. The number of rotatable bonds is 13. The van der Waals surface area contributed by atoms with E-state index in [9.17, 15) is 34.2 Å². The first kappa shape index (κ1) is 26.7. The Morgan fingerprint density at radius 1 is 1.18 bits per heavy atom. The van der Waals surface area contributed by atoms with Crippen LogP contribution in [-0.4, -0.2) is 86.6 Å². The van der Waals surface area contributed by atoms with Gasteiger partial charge in [0.15, 0.2) is 0 Å². The van der Waals surface area contributed by atoms with E-state index in [1.54, 1.807) is 0 Å². The third kappa shape index (κ3) is 8.12. The fourth-order valence-electron chi connectivity index (χ4n) is 3.47. The number of amides is 4. The van der Waals surface area contributed by atoms with Gasteiger partial charge in [-0.05, 0) is 32.7 Å². The molecule has 5 unspecified atom stereocenters. The average Bonchev–Trinajstić information content (AvgIpc) is 3.47. The summed E-state index contributed by atoms with van der Waals surface area (Å²) in [5, 5.41) is 29.7. The van der Waals surface area contributed by atoms with Crippen LogP contribution >= 0.6 is 0 Å². The molecule has 0 bridgehead atoms. The summed E-state index contributed by atoms with van der Waals surface area (Å²) >= 11 is 0. The highest BCUT2D eigenvalue weighted by Gasteiger charge is 2.33. The van der Waals surface area contributed by atoms with E-state index < -0.39 is 59.9 Å². The van der Waals surface area contributed by atoms with Gasteiger partial charge in [0.05, 0.1) is 18.5 Å². The smallest absolute Gasteiger partial charge is 0.326 e. The molecule has 1 aliphatic rings. The van der Waals surface area contributed by atoms with Gasteiger partial charge in [-0.3, -0.25) is 19.2 Å². The highest BCUT2D eigenvalue weighted by atomic mass is 16.4. The molecule has 2 heterocycles. The number of carbonyl (C=O) groups excluding carboxylic acids is 4. The Bertz CT molecular complexity index is 869. The molecule has 14 nitrogen and oxygen atoms in total. The number of aromatic nitrogens is 2. The highest BCUT2D eigenvalue weighted by Crippen LogP contribution is 2.07. The van der Waals surface area contributed by atoms with Gasteiger partial charge in [0.2, 0.25) is 23.6 Å². The van der Waals surface area contributed by atoms with E-state index in [-0.39, 0.29) is 19.3 Å². The zero-order valence-corrected chi connectivity index (χ0v) is 18.7. The monoisotopic (exact) mass is 481 g/mol. The molecule has 1 aromatic heterocycles. The largest absolute Gasteiger partial charge is 0.480 e. The summed E-state index contributed by atoms with van der Waals surface area (Å²) in [4.78, 5) is 67.4. The first-order valence-corrected chi connectivity index (χ1v) is 10.9. The minimum atomic E-state index is -1.41. The molecule has 5 atom stereocenters. The number of carbonyl (C=O) groups is 5. The number of hydrogen-bond donors (Lipinski definition) is 8. The van der Waals surface area contributed by atoms with E-state index in [1.165, 1.54) is 19.4 Å². The summed E-state index contributed by atoms with van der Waals surface area (Å²) in [7, 11) is 0. The molecule has 2 rings (SSSR count). The number of carboxylic acid groups (broad SMARTS) is 1. The van der Waals surface area contributed by atoms with Gasteiger partial charge < -0.3 is 42.2 Å². The molecule has 0 radical (unpaired) electrons. The van der Waals surface area contributed by atoms with Crippen LogP contribution in [0.1, 0.15) is 38.3 Å². The van der Waals surface area contributed by atoms with E-state index in [4.69, 9.17) is 5.73 Å². The lowest BCUT2D eigenvalue weighted by Crippen LogP contribution is -2.60. The molecule has 0 spiro atoms. The van der Waals surface area contributed by atoms with E-state index >= 15 is 0 Å². The first-order valence-electron chi connectivity index (χ1n) is 10.9. The summed E-state index contributed by atoms with van der Waals surface area (Å²) in [5.74, 6) is -4.22. The molecule has 1 fully saturated rings. The molecular weight excluding hydrogens is 450 g/mol. The summed E-state index contributed by atoms with van der Waals surface area (Å²) in [6, 6.07) is -4.52. The molecule has 188 valence electrons. The summed E-state index contributed by atoms with van der Waals surface area (Å²) < 4.78 is 0. The third-order valence-corrected chi connectivity index (χ3v) is 5.35. The van der Waals surface area contributed by atoms with Gasteiger partial charge in [-0.2, -0.15) is 0 Å². The maximum Gasteiger partial charge on any atom is 0.326 e. The lowest BCUT2D eigenvalue weighted by atomic mass is 10.1.